The largest absolute Gasteiger partial charge is 0.260 e. The van der Waals surface area contributed by atoms with E-state index >= 15 is 0 Å². The first-order valence-corrected chi connectivity index (χ1v) is 5.93. The van der Waals surface area contributed by atoms with Crippen LogP contribution in [-0.4, -0.2) is 14.4 Å². The zero-order valence-electron chi connectivity index (χ0n) is 7.49. The highest BCUT2D eigenvalue weighted by Gasteiger charge is 2.33. The van der Waals surface area contributed by atoms with Crippen molar-refractivity contribution in [1.29, 1.82) is 4.78 Å². The van der Waals surface area contributed by atoms with Crippen molar-refractivity contribution < 1.29 is 4.21 Å². The highest BCUT2D eigenvalue weighted by molar-refractivity contribution is 7.93. The Hall–Kier alpha value is -0.900. The molecule has 1 fully saturated rings. The zero-order valence-corrected chi connectivity index (χ0v) is 8.30. The van der Waals surface area contributed by atoms with Crippen molar-refractivity contribution in [2.75, 3.05) is 0 Å². The van der Waals surface area contributed by atoms with Crippen molar-refractivity contribution in [3.8, 4) is 0 Å². The van der Waals surface area contributed by atoms with Crippen molar-refractivity contribution >= 4 is 9.73 Å². The third-order valence-electron chi connectivity index (χ3n) is 2.23. The van der Waals surface area contributed by atoms with Gasteiger partial charge in [0.25, 0.3) is 0 Å². The van der Waals surface area contributed by atoms with Crippen LogP contribution in [0.2, 0.25) is 0 Å². The van der Waals surface area contributed by atoms with Gasteiger partial charge in [0.15, 0.2) is 0 Å². The summed E-state index contributed by atoms with van der Waals surface area (Å²) in [6.45, 7) is 1.88. The Balaban J connectivity index is 2.40. The van der Waals surface area contributed by atoms with Gasteiger partial charge in [0, 0.05) is 17.1 Å². The van der Waals surface area contributed by atoms with Gasteiger partial charge in [-0.05, 0) is 31.9 Å². The summed E-state index contributed by atoms with van der Waals surface area (Å²) >= 11 is 0. The van der Waals surface area contributed by atoms with Crippen LogP contribution in [-0.2, 0) is 9.73 Å². The second kappa shape index (κ2) is 2.80. The molecule has 0 aromatic carbocycles. The smallest absolute Gasteiger partial charge is 0.0770 e. The van der Waals surface area contributed by atoms with Crippen LogP contribution in [0.3, 0.4) is 0 Å². The van der Waals surface area contributed by atoms with E-state index in [1.54, 1.807) is 12.3 Å². The topological polar surface area (TPSA) is 53.8 Å². The van der Waals surface area contributed by atoms with Crippen LogP contribution in [0.15, 0.2) is 23.2 Å². The van der Waals surface area contributed by atoms with E-state index in [-0.39, 0.29) is 5.25 Å². The molecule has 1 heterocycles. The summed E-state index contributed by atoms with van der Waals surface area (Å²) in [5, 5.41) is 0.0806. The maximum atomic E-state index is 11.9. The van der Waals surface area contributed by atoms with E-state index in [0.29, 0.717) is 4.90 Å². The van der Waals surface area contributed by atoms with Gasteiger partial charge in [-0.25, -0.2) is 8.99 Å². The maximum absolute atomic E-state index is 11.9. The fourth-order valence-corrected chi connectivity index (χ4v) is 2.89. The van der Waals surface area contributed by atoms with Gasteiger partial charge >= 0.3 is 0 Å². The molecule has 0 radical (unpaired) electrons. The molecule has 1 aliphatic carbocycles. The van der Waals surface area contributed by atoms with Crippen LogP contribution >= 0.6 is 0 Å². The molecule has 1 aromatic heterocycles. The lowest BCUT2D eigenvalue weighted by Gasteiger charge is -2.04. The summed E-state index contributed by atoms with van der Waals surface area (Å²) in [6, 6.07) is 3.57. The van der Waals surface area contributed by atoms with Gasteiger partial charge in [0.05, 0.1) is 14.6 Å². The van der Waals surface area contributed by atoms with E-state index in [4.69, 9.17) is 4.78 Å². The Morgan fingerprint density at radius 2 is 2.23 bits per heavy atom. The molecule has 0 aliphatic heterocycles. The summed E-state index contributed by atoms with van der Waals surface area (Å²) in [4.78, 5) is 4.64. The molecular weight excluding hydrogens is 184 g/mol. The van der Waals surface area contributed by atoms with Crippen LogP contribution in [0.25, 0.3) is 0 Å². The van der Waals surface area contributed by atoms with Crippen molar-refractivity contribution in [3.05, 3.63) is 24.0 Å². The molecule has 0 spiro atoms. The number of nitrogens with zero attached hydrogens (tertiary/aromatic N) is 1. The molecular formula is C9H12N2OS. The number of rotatable bonds is 2. The lowest BCUT2D eigenvalue weighted by Crippen LogP contribution is -2.05. The summed E-state index contributed by atoms with van der Waals surface area (Å²) in [5.74, 6) is 0. The van der Waals surface area contributed by atoms with Crippen molar-refractivity contribution in [2.24, 2.45) is 0 Å². The van der Waals surface area contributed by atoms with Gasteiger partial charge in [-0.3, -0.25) is 4.98 Å². The minimum absolute atomic E-state index is 0.0806. The number of pyridine rings is 1. The molecule has 4 heteroatoms. The molecule has 1 saturated carbocycles. The molecule has 13 heavy (non-hydrogen) atoms. The molecule has 1 aliphatic rings. The third kappa shape index (κ3) is 1.58. The van der Waals surface area contributed by atoms with E-state index in [1.165, 1.54) is 0 Å². The minimum Gasteiger partial charge on any atom is -0.260 e. The number of hydrogen-bond donors (Lipinski definition) is 1. The average molecular weight is 196 g/mol. The molecule has 1 N–H and O–H groups in total. The van der Waals surface area contributed by atoms with E-state index in [0.717, 1.165) is 18.5 Å². The van der Waals surface area contributed by atoms with Crippen LogP contribution in [0.5, 0.6) is 0 Å². The number of aromatic nitrogens is 1. The highest BCUT2D eigenvalue weighted by atomic mass is 32.2. The molecule has 2 rings (SSSR count). The molecule has 0 amide bonds. The number of nitrogens with one attached hydrogen (secondary N) is 1. The van der Waals surface area contributed by atoms with Crippen LogP contribution in [0.1, 0.15) is 18.5 Å². The summed E-state index contributed by atoms with van der Waals surface area (Å²) in [5.41, 5.74) is 0.898. The van der Waals surface area contributed by atoms with E-state index < -0.39 is 9.73 Å². The SMILES string of the molecule is Cc1ccc(S(=N)(=O)C2CC2)cn1. The minimum atomic E-state index is -2.55. The standard InChI is InChI=1S/C9H12N2OS/c1-7-2-3-9(6-11-7)13(10,12)8-4-5-8/h2-3,6,8,10H,4-5H2,1H3. The van der Waals surface area contributed by atoms with Crippen molar-refractivity contribution in [1.82, 2.24) is 4.98 Å². The van der Waals surface area contributed by atoms with E-state index in [9.17, 15) is 4.21 Å². The monoisotopic (exact) mass is 196 g/mol. The Morgan fingerprint density at radius 3 is 2.69 bits per heavy atom. The van der Waals surface area contributed by atoms with E-state index in [1.807, 2.05) is 13.0 Å². The first-order chi connectivity index (χ1) is 6.10. The molecule has 1 aromatic rings. The van der Waals surface area contributed by atoms with Gasteiger partial charge < -0.3 is 0 Å². The van der Waals surface area contributed by atoms with Gasteiger partial charge in [0.2, 0.25) is 0 Å². The lowest BCUT2D eigenvalue weighted by atomic mass is 10.4. The van der Waals surface area contributed by atoms with E-state index in [2.05, 4.69) is 4.98 Å². The van der Waals surface area contributed by atoms with Gasteiger partial charge in [-0.2, -0.15) is 0 Å². The first kappa shape index (κ1) is 8.69. The Kier molecular flexibility index (Phi) is 1.87. The lowest BCUT2D eigenvalue weighted by molar-refractivity contribution is 0.673. The van der Waals surface area contributed by atoms with Crippen LogP contribution < -0.4 is 0 Å². The summed E-state index contributed by atoms with van der Waals surface area (Å²) in [6.07, 6.45) is 3.43. The third-order valence-corrected chi connectivity index (χ3v) is 4.58. The number of aryl methyl sites for hydroxylation is 1. The molecule has 3 nitrogen and oxygen atoms in total. The quantitative estimate of drug-likeness (QED) is 0.786. The van der Waals surface area contributed by atoms with Crippen molar-refractivity contribution in [3.63, 3.8) is 0 Å². The van der Waals surface area contributed by atoms with Crippen molar-refractivity contribution in [2.45, 2.75) is 29.9 Å². The first-order valence-electron chi connectivity index (χ1n) is 4.31. The van der Waals surface area contributed by atoms with Crippen LogP contribution in [0.4, 0.5) is 0 Å². The highest BCUT2D eigenvalue weighted by Crippen LogP contribution is 2.33. The Labute approximate surface area is 78.2 Å². The van der Waals surface area contributed by atoms with Gasteiger partial charge in [-0.15, -0.1) is 0 Å². The fourth-order valence-electron chi connectivity index (χ4n) is 1.23. The normalized spacial score (nSPS) is 21.0. The van der Waals surface area contributed by atoms with Gasteiger partial charge in [-0.1, -0.05) is 0 Å². The predicted molar refractivity (Wildman–Crippen MR) is 51.1 cm³/mol. The van der Waals surface area contributed by atoms with Gasteiger partial charge in [0.1, 0.15) is 0 Å². The van der Waals surface area contributed by atoms with Crippen LogP contribution in [0, 0.1) is 11.7 Å². The second-order valence-corrected chi connectivity index (χ2v) is 5.77. The maximum Gasteiger partial charge on any atom is 0.0770 e. The molecule has 1 atom stereocenters. The number of hydrogen-bond acceptors (Lipinski definition) is 3. The summed E-state index contributed by atoms with van der Waals surface area (Å²) < 4.78 is 19.6. The Bertz CT molecular complexity index is 404. The molecule has 70 valence electrons. The molecule has 0 saturated heterocycles. The Morgan fingerprint density at radius 1 is 1.54 bits per heavy atom. The average Bonchev–Trinajstić information content (AvgIpc) is 2.87. The fraction of sp³-hybridized carbons (Fsp3) is 0.444. The predicted octanol–water partition coefficient (Wildman–Crippen LogP) is 1.96. The molecule has 1 unspecified atom stereocenters. The zero-order chi connectivity index (χ0) is 9.47. The second-order valence-electron chi connectivity index (χ2n) is 3.44. The summed E-state index contributed by atoms with van der Waals surface area (Å²) in [7, 11) is -2.55. The molecule has 0 bridgehead atoms.